The molecule has 3 atom stereocenters. The summed E-state index contributed by atoms with van der Waals surface area (Å²) < 4.78 is 44.7. The van der Waals surface area contributed by atoms with E-state index in [1.807, 2.05) is 13.8 Å². The lowest BCUT2D eigenvalue weighted by Crippen LogP contribution is -2.52. The van der Waals surface area contributed by atoms with Crippen LogP contribution >= 0.6 is 0 Å². The van der Waals surface area contributed by atoms with Gasteiger partial charge in [0.2, 0.25) is 16.8 Å². The Morgan fingerprint density at radius 2 is 1.85 bits per heavy atom. The van der Waals surface area contributed by atoms with Crippen LogP contribution in [0.1, 0.15) is 25.8 Å². The van der Waals surface area contributed by atoms with E-state index >= 15 is 0 Å². The van der Waals surface area contributed by atoms with Crippen molar-refractivity contribution in [2.45, 2.75) is 44.1 Å². The molecule has 1 heterocycles. The van der Waals surface area contributed by atoms with E-state index in [1.54, 1.807) is 30.3 Å². The van der Waals surface area contributed by atoms with Crippen molar-refractivity contribution in [1.29, 1.82) is 0 Å². The molecule has 1 unspecified atom stereocenters. The van der Waals surface area contributed by atoms with Crippen molar-refractivity contribution >= 4 is 22.1 Å². The third kappa shape index (κ3) is 8.76. The van der Waals surface area contributed by atoms with Crippen LogP contribution in [0.25, 0.3) is 0 Å². The molecule has 1 saturated heterocycles. The monoisotopic (exact) mass is 582 g/mol. The topological polar surface area (TPSA) is 176 Å². The predicted octanol–water partition coefficient (Wildman–Crippen LogP) is 1.37. The second-order valence-electron chi connectivity index (χ2n) is 9.86. The van der Waals surface area contributed by atoms with Gasteiger partial charge >= 0.3 is 12.1 Å². The van der Waals surface area contributed by atoms with Crippen molar-refractivity contribution in [3.63, 3.8) is 0 Å². The Balaban J connectivity index is 1.68. The minimum atomic E-state index is -3.92. The van der Waals surface area contributed by atoms with Gasteiger partial charge in [-0.05, 0) is 48.6 Å². The van der Waals surface area contributed by atoms with Gasteiger partial charge in [-0.25, -0.2) is 18.0 Å². The highest BCUT2D eigenvalue weighted by Crippen LogP contribution is 2.30. The highest BCUT2D eigenvalue weighted by atomic mass is 32.2. The van der Waals surface area contributed by atoms with Crippen molar-refractivity contribution in [3.05, 3.63) is 53.5 Å². The van der Waals surface area contributed by atoms with E-state index in [4.69, 9.17) is 14.2 Å². The number of hydrogen-bond acceptors (Lipinski definition) is 8. The Morgan fingerprint density at radius 3 is 2.50 bits per heavy atom. The van der Waals surface area contributed by atoms with Crippen molar-refractivity contribution < 1.29 is 42.4 Å². The summed E-state index contributed by atoms with van der Waals surface area (Å²) in [7, 11) is -2.40. The number of allylic oxidation sites excluding steroid dienone is 1. The average Bonchev–Trinajstić information content (AvgIpc) is 3.38. The molecule has 1 aliphatic heterocycles. The number of ether oxygens (including phenoxy) is 3. The number of benzene rings is 1. The maximum Gasteiger partial charge on any atom is 0.404 e. The van der Waals surface area contributed by atoms with E-state index in [-0.39, 0.29) is 51.3 Å². The Hall–Kier alpha value is -3.49. The molecule has 14 heteroatoms. The second-order valence-corrected chi connectivity index (χ2v) is 12.0. The first-order valence-electron chi connectivity index (χ1n) is 13.0. The van der Waals surface area contributed by atoms with Gasteiger partial charge in [0, 0.05) is 20.1 Å². The summed E-state index contributed by atoms with van der Waals surface area (Å²) in [5.41, 5.74) is 0.708. The highest BCUT2D eigenvalue weighted by Gasteiger charge is 2.37. The number of urea groups is 1. The molecule has 0 saturated carbocycles. The summed E-state index contributed by atoms with van der Waals surface area (Å²) in [5, 5.41) is 27.0. The fourth-order valence-electron chi connectivity index (χ4n) is 4.31. The van der Waals surface area contributed by atoms with Gasteiger partial charge in [0.05, 0.1) is 18.7 Å². The number of carbonyl (C=O) groups excluding carboxylic acids is 1. The maximum absolute atomic E-state index is 13.6. The molecule has 0 bridgehead atoms. The molecular formula is C26H38N4O9S. The van der Waals surface area contributed by atoms with Gasteiger partial charge in [-0.1, -0.05) is 26.0 Å². The van der Waals surface area contributed by atoms with Crippen LogP contribution in [-0.4, -0.2) is 92.5 Å². The molecule has 2 aliphatic rings. The molecule has 40 heavy (non-hydrogen) atoms. The van der Waals surface area contributed by atoms with E-state index in [0.29, 0.717) is 29.4 Å². The van der Waals surface area contributed by atoms with Crippen LogP contribution in [-0.2, 0) is 25.9 Å². The number of aliphatic hydroxyl groups excluding tert-OH is 1. The third-order valence-electron chi connectivity index (χ3n) is 6.28. The molecule has 1 aromatic rings. The lowest BCUT2D eigenvalue weighted by molar-refractivity contribution is 0.0973. The van der Waals surface area contributed by atoms with Crippen LogP contribution < -0.4 is 20.7 Å². The number of fused-ring (bicyclic) bond motifs is 1. The third-order valence-corrected chi connectivity index (χ3v) is 8.39. The standard InChI is InChI=1S/C26H38N4O9S/c1-17(2)14-30(40(35,36)20-8-9-23-24(13-20)39-16-38-23)15-22(31)21(29-26(33)34)12-18-4-6-19(7-5-18)37-11-10-28-25(32)27-3/h4-7,9,13,17,20-22,29,31H,8,10-12,14-16H2,1-3H3,(H,33,34)(H2,27,28,32)/t20?,21-,22+/m0/s1. The van der Waals surface area contributed by atoms with Crippen LogP contribution in [0.3, 0.4) is 0 Å². The summed E-state index contributed by atoms with van der Waals surface area (Å²) in [6.07, 6.45) is 0.843. The Bertz CT molecular complexity index is 1190. The van der Waals surface area contributed by atoms with E-state index in [9.17, 15) is 28.2 Å². The van der Waals surface area contributed by atoms with Crippen LogP contribution in [0.15, 0.2) is 47.9 Å². The van der Waals surface area contributed by atoms with Gasteiger partial charge in [0.15, 0.2) is 11.5 Å². The smallest absolute Gasteiger partial charge is 0.404 e. The number of hydrogen-bond donors (Lipinski definition) is 5. The lowest BCUT2D eigenvalue weighted by Gasteiger charge is -2.32. The number of amides is 3. The quantitative estimate of drug-likeness (QED) is 0.203. The van der Waals surface area contributed by atoms with Crippen molar-refractivity contribution in [1.82, 2.24) is 20.3 Å². The van der Waals surface area contributed by atoms with E-state index < -0.39 is 33.5 Å². The fraction of sp³-hybridized carbons (Fsp3) is 0.538. The molecule has 5 N–H and O–H groups in total. The molecule has 0 radical (unpaired) electrons. The van der Waals surface area contributed by atoms with Gasteiger partial charge < -0.3 is 40.4 Å². The first-order chi connectivity index (χ1) is 19.0. The SMILES string of the molecule is CNC(=O)NCCOc1ccc(C[C@H](NC(=O)O)[C@H](O)CN(CC(C)C)S(=O)(=O)C2C=C3OCOC3=CC2)cc1. The first-order valence-corrected chi connectivity index (χ1v) is 14.5. The molecule has 13 nitrogen and oxygen atoms in total. The van der Waals surface area contributed by atoms with Gasteiger partial charge in [-0.15, -0.1) is 0 Å². The van der Waals surface area contributed by atoms with Crippen molar-refractivity contribution in [2.24, 2.45) is 5.92 Å². The maximum atomic E-state index is 13.6. The minimum Gasteiger partial charge on any atom is -0.492 e. The van der Waals surface area contributed by atoms with E-state index in [1.165, 1.54) is 17.4 Å². The molecule has 1 aliphatic carbocycles. The van der Waals surface area contributed by atoms with Crippen LogP contribution in [0, 0.1) is 5.92 Å². The van der Waals surface area contributed by atoms with Crippen molar-refractivity contribution in [2.75, 3.05) is 40.1 Å². The van der Waals surface area contributed by atoms with Gasteiger partial charge in [0.25, 0.3) is 0 Å². The predicted molar refractivity (Wildman–Crippen MR) is 146 cm³/mol. The summed E-state index contributed by atoms with van der Waals surface area (Å²) in [5.74, 6) is 1.41. The molecule has 1 aromatic carbocycles. The van der Waals surface area contributed by atoms with Crippen molar-refractivity contribution in [3.8, 4) is 5.75 Å². The number of nitrogens with zero attached hydrogens (tertiary/aromatic N) is 1. The summed E-state index contributed by atoms with van der Waals surface area (Å²) in [4.78, 5) is 22.7. The molecule has 3 amide bonds. The number of carboxylic acid groups (broad SMARTS) is 1. The van der Waals surface area contributed by atoms with Gasteiger partial charge in [-0.3, -0.25) is 0 Å². The molecule has 0 aromatic heterocycles. The zero-order valence-electron chi connectivity index (χ0n) is 22.8. The highest BCUT2D eigenvalue weighted by molar-refractivity contribution is 7.89. The summed E-state index contributed by atoms with van der Waals surface area (Å²) in [6.45, 7) is 4.18. The Labute approximate surface area is 234 Å². The number of aliphatic hydroxyl groups is 1. The first kappa shape index (κ1) is 31.0. The largest absolute Gasteiger partial charge is 0.492 e. The van der Waals surface area contributed by atoms with Crippen LogP contribution in [0.4, 0.5) is 9.59 Å². The Morgan fingerprint density at radius 1 is 1.15 bits per heavy atom. The molecule has 0 spiro atoms. The minimum absolute atomic E-state index is 0.0311. The second kappa shape index (κ2) is 14.2. The number of nitrogens with one attached hydrogen (secondary N) is 3. The van der Waals surface area contributed by atoms with Crippen LogP contribution in [0.5, 0.6) is 5.75 Å². The van der Waals surface area contributed by atoms with Gasteiger partial charge in [-0.2, -0.15) is 4.31 Å². The number of sulfonamides is 1. The zero-order valence-corrected chi connectivity index (χ0v) is 23.6. The fourth-order valence-corrected chi connectivity index (χ4v) is 6.20. The van der Waals surface area contributed by atoms with Crippen LogP contribution in [0.2, 0.25) is 0 Å². The summed E-state index contributed by atoms with van der Waals surface area (Å²) in [6, 6.07) is 5.57. The molecular weight excluding hydrogens is 544 g/mol. The Kier molecular flexibility index (Phi) is 11.0. The zero-order chi connectivity index (χ0) is 29.3. The van der Waals surface area contributed by atoms with E-state index in [0.717, 1.165) is 0 Å². The van der Waals surface area contributed by atoms with Gasteiger partial charge in [0.1, 0.15) is 17.6 Å². The molecule has 1 fully saturated rings. The molecule has 3 rings (SSSR count). The normalized spacial score (nSPS) is 18.0. The molecule has 222 valence electrons. The number of carbonyl (C=O) groups is 2. The number of rotatable bonds is 14. The summed E-state index contributed by atoms with van der Waals surface area (Å²) >= 11 is 0. The lowest BCUT2D eigenvalue weighted by atomic mass is 10.0. The van der Waals surface area contributed by atoms with E-state index in [2.05, 4.69) is 16.0 Å². The average molecular weight is 583 g/mol.